The maximum Gasteiger partial charge on any atom is 0.132 e. The molecule has 0 aliphatic heterocycles. The Labute approximate surface area is 133 Å². The van der Waals surface area contributed by atoms with Gasteiger partial charge < -0.3 is 10.1 Å². The zero-order valence-electron chi connectivity index (χ0n) is 12.2. The molecule has 1 N–H and O–H groups in total. The Kier molecular flexibility index (Phi) is 5.76. The number of methoxy groups -OCH3 is 1. The lowest BCUT2D eigenvalue weighted by Gasteiger charge is -2.21. The molecule has 1 unspecified atom stereocenters. The molecule has 21 heavy (non-hydrogen) atoms. The van der Waals surface area contributed by atoms with Gasteiger partial charge in [0.15, 0.2) is 0 Å². The monoisotopic (exact) mass is 351 g/mol. The van der Waals surface area contributed by atoms with Gasteiger partial charge in [-0.15, -0.1) is 0 Å². The van der Waals surface area contributed by atoms with Gasteiger partial charge in [0.2, 0.25) is 0 Å². The largest absolute Gasteiger partial charge is 0.497 e. The van der Waals surface area contributed by atoms with E-state index in [4.69, 9.17) is 4.74 Å². The van der Waals surface area contributed by atoms with Gasteiger partial charge in [-0.05, 0) is 36.7 Å². The quantitative estimate of drug-likeness (QED) is 0.815. The van der Waals surface area contributed by atoms with Crippen LogP contribution in [0.4, 0.5) is 4.39 Å². The molecule has 2 nitrogen and oxygen atoms in total. The Morgan fingerprint density at radius 2 is 2.05 bits per heavy atom. The summed E-state index contributed by atoms with van der Waals surface area (Å²) >= 11 is 3.47. The van der Waals surface area contributed by atoms with E-state index in [2.05, 4.69) is 28.2 Å². The minimum Gasteiger partial charge on any atom is -0.497 e. The van der Waals surface area contributed by atoms with E-state index in [0.29, 0.717) is 11.3 Å². The van der Waals surface area contributed by atoms with Crippen molar-refractivity contribution in [1.29, 1.82) is 0 Å². The Morgan fingerprint density at radius 1 is 1.24 bits per heavy atom. The van der Waals surface area contributed by atoms with Gasteiger partial charge >= 0.3 is 0 Å². The van der Waals surface area contributed by atoms with Crippen LogP contribution in [0.3, 0.4) is 0 Å². The van der Waals surface area contributed by atoms with Crippen LogP contribution in [0.1, 0.15) is 30.5 Å². The zero-order valence-corrected chi connectivity index (χ0v) is 13.8. The molecule has 0 saturated heterocycles. The van der Waals surface area contributed by atoms with Gasteiger partial charge in [-0.25, -0.2) is 4.39 Å². The molecule has 2 aromatic carbocycles. The van der Waals surface area contributed by atoms with Crippen LogP contribution in [0.15, 0.2) is 46.9 Å². The number of benzene rings is 2. The average molecular weight is 352 g/mol. The lowest BCUT2D eigenvalue weighted by molar-refractivity contribution is 0.410. The van der Waals surface area contributed by atoms with Crippen LogP contribution < -0.4 is 10.1 Å². The standard InChI is InChI=1S/C17H19BrFNO/c1-3-9-20-17(12-5-4-6-13(18)10-12)15-8-7-14(21-2)11-16(15)19/h4-8,10-11,17,20H,3,9H2,1-2H3. The van der Waals surface area contributed by atoms with E-state index in [1.54, 1.807) is 12.1 Å². The number of hydrogen-bond donors (Lipinski definition) is 1. The van der Waals surface area contributed by atoms with Crippen molar-refractivity contribution >= 4 is 15.9 Å². The van der Waals surface area contributed by atoms with Crippen molar-refractivity contribution in [2.45, 2.75) is 19.4 Å². The van der Waals surface area contributed by atoms with Crippen molar-refractivity contribution in [2.75, 3.05) is 13.7 Å². The summed E-state index contributed by atoms with van der Waals surface area (Å²) in [7, 11) is 1.54. The predicted octanol–water partition coefficient (Wildman–Crippen LogP) is 4.69. The molecule has 0 aromatic heterocycles. The highest BCUT2D eigenvalue weighted by atomic mass is 79.9. The molecule has 1 atom stereocenters. The second-order valence-electron chi connectivity index (χ2n) is 4.83. The van der Waals surface area contributed by atoms with Crippen LogP contribution in [0.25, 0.3) is 0 Å². The number of nitrogens with one attached hydrogen (secondary N) is 1. The third kappa shape index (κ3) is 4.05. The second-order valence-corrected chi connectivity index (χ2v) is 5.75. The highest BCUT2D eigenvalue weighted by Crippen LogP contribution is 2.28. The summed E-state index contributed by atoms with van der Waals surface area (Å²) < 4.78 is 20.4. The van der Waals surface area contributed by atoms with E-state index in [1.807, 2.05) is 24.3 Å². The Morgan fingerprint density at radius 3 is 2.67 bits per heavy atom. The average Bonchev–Trinajstić information content (AvgIpc) is 2.49. The predicted molar refractivity (Wildman–Crippen MR) is 87.2 cm³/mol. The molecule has 0 amide bonds. The van der Waals surface area contributed by atoms with Crippen molar-refractivity contribution in [1.82, 2.24) is 5.32 Å². The first kappa shape index (κ1) is 16.0. The molecule has 112 valence electrons. The van der Waals surface area contributed by atoms with Crippen LogP contribution in [0.2, 0.25) is 0 Å². The maximum atomic E-state index is 14.4. The highest BCUT2D eigenvalue weighted by Gasteiger charge is 2.18. The topological polar surface area (TPSA) is 21.3 Å². The lowest BCUT2D eigenvalue weighted by Crippen LogP contribution is -2.24. The van der Waals surface area contributed by atoms with Gasteiger partial charge in [0.25, 0.3) is 0 Å². The summed E-state index contributed by atoms with van der Waals surface area (Å²) in [6, 6.07) is 12.8. The Hall–Kier alpha value is -1.39. The molecule has 0 aliphatic carbocycles. The minimum absolute atomic E-state index is 0.173. The van der Waals surface area contributed by atoms with Crippen LogP contribution in [-0.4, -0.2) is 13.7 Å². The third-order valence-electron chi connectivity index (χ3n) is 3.30. The SMILES string of the molecule is CCCNC(c1cccc(Br)c1)c1ccc(OC)cc1F. The third-order valence-corrected chi connectivity index (χ3v) is 3.79. The number of halogens is 2. The number of ether oxygens (including phenoxy) is 1. The van der Waals surface area contributed by atoms with Gasteiger partial charge in [0.05, 0.1) is 13.2 Å². The molecule has 0 aliphatic rings. The summed E-state index contributed by atoms with van der Waals surface area (Å²) in [6.07, 6.45) is 0.988. The Bertz CT molecular complexity index is 603. The van der Waals surface area contributed by atoms with Crippen molar-refractivity contribution in [3.8, 4) is 5.75 Å². The molecule has 0 spiro atoms. The summed E-state index contributed by atoms with van der Waals surface area (Å²) in [4.78, 5) is 0. The first-order chi connectivity index (χ1) is 10.2. The smallest absolute Gasteiger partial charge is 0.132 e. The molecule has 2 aromatic rings. The summed E-state index contributed by atoms with van der Waals surface area (Å²) in [5.74, 6) is 0.266. The minimum atomic E-state index is -0.261. The van der Waals surface area contributed by atoms with Crippen molar-refractivity contribution in [2.24, 2.45) is 0 Å². The van der Waals surface area contributed by atoms with E-state index >= 15 is 0 Å². The molecule has 0 radical (unpaired) electrons. The van der Waals surface area contributed by atoms with Gasteiger partial charge in [-0.3, -0.25) is 0 Å². The normalized spacial score (nSPS) is 12.2. The molecule has 0 fully saturated rings. The van der Waals surface area contributed by atoms with Gasteiger partial charge in [0, 0.05) is 16.1 Å². The fourth-order valence-electron chi connectivity index (χ4n) is 2.25. The lowest BCUT2D eigenvalue weighted by atomic mass is 9.98. The fraction of sp³-hybridized carbons (Fsp3) is 0.294. The fourth-order valence-corrected chi connectivity index (χ4v) is 2.67. The van der Waals surface area contributed by atoms with Gasteiger partial charge in [-0.1, -0.05) is 41.1 Å². The van der Waals surface area contributed by atoms with E-state index < -0.39 is 0 Å². The molecular formula is C17H19BrFNO. The van der Waals surface area contributed by atoms with Crippen LogP contribution in [0, 0.1) is 5.82 Å². The van der Waals surface area contributed by atoms with Crippen LogP contribution >= 0.6 is 15.9 Å². The van der Waals surface area contributed by atoms with Crippen LogP contribution in [-0.2, 0) is 0 Å². The van der Waals surface area contributed by atoms with Crippen molar-refractivity contribution < 1.29 is 9.13 Å². The first-order valence-electron chi connectivity index (χ1n) is 6.98. The van der Waals surface area contributed by atoms with Crippen molar-refractivity contribution in [3.63, 3.8) is 0 Å². The van der Waals surface area contributed by atoms with Gasteiger partial charge in [-0.2, -0.15) is 0 Å². The molecule has 2 rings (SSSR count). The zero-order chi connectivity index (χ0) is 15.2. The van der Waals surface area contributed by atoms with Crippen LogP contribution in [0.5, 0.6) is 5.75 Å². The van der Waals surface area contributed by atoms with E-state index in [9.17, 15) is 4.39 Å². The van der Waals surface area contributed by atoms with E-state index in [-0.39, 0.29) is 11.9 Å². The first-order valence-corrected chi connectivity index (χ1v) is 7.77. The summed E-state index contributed by atoms with van der Waals surface area (Å²) in [6.45, 7) is 2.91. The highest BCUT2D eigenvalue weighted by molar-refractivity contribution is 9.10. The number of hydrogen-bond acceptors (Lipinski definition) is 2. The number of rotatable bonds is 6. The van der Waals surface area contributed by atoms with E-state index in [0.717, 1.165) is 23.0 Å². The molecule has 4 heteroatoms. The van der Waals surface area contributed by atoms with Crippen molar-refractivity contribution in [3.05, 3.63) is 63.9 Å². The van der Waals surface area contributed by atoms with E-state index in [1.165, 1.54) is 13.2 Å². The summed E-state index contributed by atoms with van der Waals surface area (Å²) in [5, 5.41) is 3.41. The maximum absolute atomic E-state index is 14.4. The van der Waals surface area contributed by atoms with Gasteiger partial charge in [0.1, 0.15) is 11.6 Å². The molecule has 0 heterocycles. The molecule has 0 saturated carbocycles. The summed E-state index contributed by atoms with van der Waals surface area (Å²) in [5.41, 5.74) is 1.66. The molecular weight excluding hydrogens is 333 g/mol. The Balaban J connectivity index is 2.40. The second kappa shape index (κ2) is 7.57. The molecule has 0 bridgehead atoms.